The first-order valence-electron chi connectivity index (χ1n) is 14.5. The van der Waals surface area contributed by atoms with Crippen molar-refractivity contribution >= 4 is 34.9 Å². The molecule has 6 nitrogen and oxygen atoms in total. The number of hydrogen-bond acceptors (Lipinski definition) is 5. The molecule has 1 aliphatic rings. The summed E-state index contributed by atoms with van der Waals surface area (Å²) in [5.74, 6) is -0.0759. The third kappa shape index (κ3) is 5.87. The zero-order valence-electron chi connectivity index (χ0n) is 24.8. The maximum absolute atomic E-state index is 14.7. The molecule has 1 amide bonds. The van der Waals surface area contributed by atoms with Crippen molar-refractivity contribution in [3.05, 3.63) is 97.2 Å². The zero-order chi connectivity index (χ0) is 30.0. The van der Waals surface area contributed by atoms with Crippen molar-refractivity contribution in [1.82, 2.24) is 19.8 Å². The van der Waals surface area contributed by atoms with E-state index in [0.717, 1.165) is 59.6 Å². The lowest BCUT2D eigenvalue weighted by Crippen LogP contribution is -2.52. The van der Waals surface area contributed by atoms with Crippen LogP contribution in [0.4, 0.5) is 0 Å². The maximum Gasteiger partial charge on any atom is 0.265 e. The van der Waals surface area contributed by atoms with E-state index in [4.69, 9.17) is 16.6 Å². The predicted octanol–water partition coefficient (Wildman–Crippen LogP) is 7.26. The van der Waals surface area contributed by atoms with Crippen LogP contribution in [0.2, 0.25) is 5.02 Å². The number of piperazine rings is 1. The first-order chi connectivity index (χ1) is 20.2. The van der Waals surface area contributed by atoms with Crippen molar-refractivity contribution in [3.63, 3.8) is 0 Å². The predicted molar refractivity (Wildman–Crippen MR) is 175 cm³/mol. The molecule has 218 valence electrons. The number of benzene rings is 2. The van der Waals surface area contributed by atoms with Crippen molar-refractivity contribution in [2.45, 2.75) is 53.5 Å². The van der Waals surface area contributed by atoms with E-state index in [0.29, 0.717) is 33.4 Å². The van der Waals surface area contributed by atoms with Gasteiger partial charge in [0.2, 0.25) is 0 Å². The monoisotopic (exact) mass is 600 g/mol. The van der Waals surface area contributed by atoms with Crippen LogP contribution in [0.15, 0.2) is 64.3 Å². The molecule has 1 fully saturated rings. The highest BCUT2D eigenvalue weighted by atomic mass is 35.5. The summed E-state index contributed by atoms with van der Waals surface area (Å²) < 4.78 is 1.78. The summed E-state index contributed by atoms with van der Waals surface area (Å²) >= 11 is 7.52. The highest BCUT2D eigenvalue weighted by Crippen LogP contribution is 2.32. The number of aromatic nitrogens is 2. The molecule has 2 aromatic heterocycles. The number of thiazole rings is 1. The molecule has 0 saturated carbocycles. The smallest absolute Gasteiger partial charge is 0.265 e. The van der Waals surface area contributed by atoms with Crippen LogP contribution in [0.25, 0.3) is 33.6 Å². The minimum atomic E-state index is -0.181. The molecule has 1 N–H and O–H groups in total. The second-order valence-electron chi connectivity index (χ2n) is 10.9. The Morgan fingerprint density at radius 2 is 1.81 bits per heavy atom. The van der Waals surface area contributed by atoms with Gasteiger partial charge in [-0.05, 0) is 69.0 Å². The van der Waals surface area contributed by atoms with Gasteiger partial charge in [0.05, 0.1) is 28.2 Å². The molecule has 0 aliphatic carbocycles. The lowest BCUT2D eigenvalue weighted by Gasteiger charge is -2.34. The molecule has 0 bridgehead atoms. The van der Waals surface area contributed by atoms with Crippen molar-refractivity contribution in [2.75, 3.05) is 19.6 Å². The van der Waals surface area contributed by atoms with Gasteiger partial charge >= 0.3 is 0 Å². The fourth-order valence-electron chi connectivity index (χ4n) is 5.54. The number of hydrogen-bond donors (Lipinski definition) is 1. The normalized spacial score (nSPS) is 15.1. The maximum atomic E-state index is 14.7. The molecule has 1 saturated heterocycles. The van der Waals surface area contributed by atoms with Crippen LogP contribution in [0.1, 0.15) is 61.8 Å². The van der Waals surface area contributed by atoms with Gasteiger partial charge in [0.15, 0.2) is 0 Å². The number of halogens is 1. The number of allylic oxidation sites excluding steroid dienone is 1. The lowest BCUT2D eigenvalue weighted by atomic mass is 9.99. The Morgan fingerprint density at radius 3 is 2.43 bits per heavy atom. The van der Waals surface area contributed by atoms with E-state index in [1.165, 1.54) is 11.3 Å². The van der Waals surface area contributed by atoms with Gasteiger partial charge in [0, 0.05) is 41.6 Å². The van der Waals surface area contributed by atoms with E-state index >= 15 is 0 Å². The van der Waals surface area contributed by atoms with E-state index in [1.54, 1.807) is 10.6 Å². The van der Waals surface area contributed by atoms with Crippen molar-refractivity contribution in [2.24, 2.45) is 0 Å². The molecule has 8 heteroatoms. The third-order valence-electron chi connectivity index (χ3n) is 7.72. The van der Waals surface area contributed by atoms with Crippen LogP contribution in [0, 0.1) is 0 Å². The van der Waals surface area contributed by atoms with Crippen LogP contribution in [-0.2, 0) is 12.8 Å². The first kappa shape index (κ1) is 30.0. The average Bonchev–Trinajstić information content (AvgIpc) is 3.47. The van der Waals surface area contributed by atoms with Crippen molar-refractivity contribution < 1.29 is 4.79 Å². The number of nitrogens with one attached hydrogen (secondary N) is 1. The average molecular weight is 601 g/mol. The zero-order valence-corrected chi connectivity index (χ0v) is 26.4. The largest absolute Gasteiger partial charge is 0.333 e. The molecule has 1 unspecified atom stereocenters. The number of nitrogens with zero attached hydrogens (tertiary/aromatic N) is 3. The van der Waals surface area contributed by atoms with Gasteiger partial charge in [-0.3, -0.25) is 14.2 Å². The summed E-state index contributed by atoms with van der Waals surface area (Å²) in [5.41, 5.74) is 7.03. The first-order valence-corrected chi connectivity index (χ1v) is 15.8. The number of aryl methyl sites for hydroxylation is 2. The number of para-hydroxylation sites is 1. The molecular weight excluding hydrogens is 564 g/mol. The van der Waals surface area contributed by atoms with E-state index in [1.807, 2.05) is 60.5 Å². The molecule has 42 heavy (non-hydrogen) atoms. The summed E-state index contributed by atoms with van der Waals surface area (Å²) in [7, 11) is 0. The lowest BCUT2D eigenvalue weighted by molar-refractivity contribution is 0.0655. The Kier molecular flexibility index (Phi) is 9.11. The van der Waals surface area contributed by atoms with Gasteiger partial charge in [0.25, 0.3) is 11.5 Å². The van der Waals surface area contributed by atoms with Gasteiger partial charge in [0.1, 0.15) is 5.01 Å². The second kappa shape index (κ2) is 12.8. The van der Waals surface area contributed by atoms with Crippen LogP contribution in [0.3, 0.4) is 0 Å². The Balaban J connectivity index is 1.83. The number of pyridine rings is 1. The minimum absolute atomic E-state index is 0.0279. The number of amides is 1. The summed E-state index contributed by atoms with van der Waals surface area (Å²) in [4.78, 5) is 35.9. The number of carbonyl (C=O) groups excluding carboxylic acids is 1. The molecule has 1 aliphatic heterocycles. The van der Waals surface area contributed by atoms with Gasteiger partial charge < -0.3 is 10.2 Å². The molecule has 0 spiro atoms. The van der Waals surface area contributed by atoms with Crippen molar-refractivity contribution in [1.29, 1.82) is 0 Å². The van der Waals surface area contributed by atoms with Gasteiger partial charge in [-0.25, -0.2) is 4.98 Å². The second-order valence-corrected chi connectivity index (χ2v) is 12.2. The van der Waals surface area contributed by atoms with Gasteiger partial charge in [-0.1, -0.05) is 61.4 Å². The minimum Gasteiger partial charge on any atom is -0.333 e. The topological polar surface area (TPSA) is 67.2 Å². The van der Waals surface area contributed by atoms with E-state index in [-0.39, 0.29) is 17.5 Å². The van der Waals surface area contributed by atoms with Gasteiger partial charge in [-0.2, -0.15) is 0 Å². The van der Waals surface area contributed by atoms with E-state index < -0.39 is 0 Å². The Bertz CT molecular complexity index is 1680. The number of carbonyl (C=O) groups is 1. The van der Waals surface area contributed by atoms with E-state index in [9.17, 15) is 9.59 Å². The molecule has 4 aromatic rings. The Labute approximate surface area is 256 Å². The quantitative estimate of drug-likeness (QED) is 0.242. The summed E-state index contributed by atoms with van der Waals surface area (Å²) in [6, 6.07) is 15.5. The Morgan fingerprint density at radius 1 is 1.12 bits per heavy atom. The summed E-state index contributed by atoms with van der Waals surface area (Å²) in [6.07, 6.45) is 3.48. The number of rotatable bonds is 7. The fourth-order valence-corrected chi connectivity index (χ4v) is 6.51. The SMILES string of the molecule is CCc1cccc(CC)c1-n1c(C=C(C)C)c(C(=O)N2CCNCC2C)cc(-c2nc(-c3ccc(Cl)cc3)cs2)c1=O. The highest BCUT2D eigenvalue weighted by molar-refractivity contribution is 7.13. The van der Waals surface area contributed by atoms with Crippen LogP contribution < -0.4 is 10.9 Å². The molecule has 5 rings (SSSR count). The van der Waals surface area contributed by atoms with Crippen molar-refractivity contribution in [3.8, 4) is 27.5 Å². The molecular formula is C34H37ClN4O2S. The third-order valence-corrected chi connectivity index (χ3v) is 8.85. The Hall–Kier alpha value is -3.52. The summed E-state index contributed by atoms with van der Waals surface area (Å²) in [5, 5.41) is 6.56. The molecule has 3 heterocycles. The van der Waals surface area contributed by atoms with E-state index in [2.05, 4.69) is 38.2 Å². The molecule has 1 atom stereocenters. The highest BCUT2D eigenvalue weighted by Gasteiger charge is 2.30. The van der Waals surface area contributed by atoms with Crippen LogP contribution >= 0.6 is 22.9 Å². The fraction of sp³-hybridized carbons (Fsp3) is 0.324. The summed E-state index contributed by atoms with van der Waals surface area (Å²) in [6.45, 7) is 12.3. The van der Waals surface area contributed by atoms with Crippen LogP contribution in [-0.4, -0.2) is 46.0 Å². The standard InChI is InChI=1S/C34H37ClN4O2S/c1-6-23-9-8-10-24(7-2)31(23)39-30(17-21(3)4)27(33(40)38-16-15-36-19-22(38)5)18-28(34(39)41)32-37-29(20-42-32)25-11-13-26(35)14-12-25/h8-14,17-18,20,22,36H,6-7,15-16,19H2,1-5H3. The van der Waals surface area contributed by atoms with Gasteiger partial charge in [-0.15, -0.1) is 11.3 Å². The van der Waals surface area contributed by atoms with Crippen LogP contribution in [0.5, 0.6) is 0 Å². The molecule has 0 radical (unpaired) electrons. The molecule has 2 aromatic carbocycles.